The number of likely N-dealkylation sites (tertiary alicyclic amines) is 1. The first-order chi connectivity index (χ1) is 18.2. The standard InChI is InChI=1S/C30H29F3N4O/c1-19-7-4-5-10-27(19)37(30(32)33)21(3)22-11-13-35(14-12-22)29(38)23-15-26-20(2)18-36(28(26)34-17-23)25-9-6-8-24(31)16-25/h4-10,15-18,22,30H,3,11-14H2,1-2H3. The van der Waals surface area contributed by atoms with Gasteiger partial charge >= 0.3 is 6.55 Å². The van der Waals surface area contributed by atoms with Crippen molar-refractivity contribution in [3.8, 4) is 5.69 Å². The van der Waals surface area contributed by atoms with Gasteiger partial charge in [-0.05, 0) is 68.1 Å². The van der Waals surface area contributed by atoms with Crippen LogP contribution >= 0.6 is 0 Å². The van der Waals surface area contributed by atoms with Crippen molar-refractivity contribution >= 4 is 22.6 Å². The van der Waals surface area contributed by atoms with Crippen molar-refractivity contribution < 1.29 is 18.0 Å². The van der Waals surface area contributed by atoms with E-state index in [2.05, 4.69) is 11.6 Å². The molecule has 38 heavy (non-hydrogen) atoms. The number of aryl methyl sites for hydroxylation is 2. The molecule has 8 heteroatoms. The molecular weight excluding hydrogens is 489 g/mol. The minimum Gasteiger partial charge on any atom is -0.339 e. The molecule has 1 saturated heterocycles. The summed E-state index contributed by atoms with van der Waals surface area (Å²) in [5, 5.41) is 0.814. The average Bonchev–Trinajstić information content (AvgIpc) is 3.25. The van der Waals surface area contributed by atoms with Gasteiger partial charge in [-0.3, -0.25) is 9.69 Å². The molecule has 1 aliphatic rings. The molecule has 1 aliphatic heterocycles. The van der Waals surface area contributed by atoms with Gasteiger partial charge in [0, 0.05) is 53.9 Å². The number of halogens is 3. The summed E-state index contributed by atoms with van der Waals surface area (Å²) < 4.78 is 43.7. The number of piperidine rings is 1. The molecule has 0 saturated carbocycles. The summed E-state index contributed by atoms with van der Waals surface area (Å²) in [7, 11) is 0. The van der Waals surface area contributed by atoms with E-state index in [1.54, 1.807) is 48.4 Å². The quantitative estimate of drug-likeness (QED) is 0.262. The molecular formula is C30H29F3N4O. The zero-order chi connectivity index (χ0) is 27.0. The zero-order valence-corrected chi connectivity index (χ0v) is 21.4. The van der Waals surface area contributed by atoms with Gasteiger partial charge in [0.1, 0.15) is 11.5 Å². The molecule has 3 heterocycles. The molecule has 0 unspecified atom stereocenters. The maximum atomic E-state index is 14.1. The smallest absolute Gasteiger partial charge is 0.319 e. The molecule has 0 N–H and O–H groups in total. The van der Waals surface area contributed by atoms with Crippen LogP contribution < -0.4 is 4.90 Å². The number of pyridine rings is 1. The number of rotatable bonds is 6. The molecule has 2 aromatic carbocycles. The lowest BCUT2D eigenvalue weighted by atomic mass is 9.92. The van der Waals surface area contributed by atoms with Gasteiger partial charge in [0.15, 0.2) is 0 Å². The second-order valence-corrected chi connectivity index (χ2v) is 9.75. The first-order valence-corrected chi connectivity index (χ1v) is 12.6. The maximum absolute atomic E-state index is 14.1. The van der Waals surface area contributed by atoms with Crippen LogP contribution in [0.2, 0.25) is 0 Å². The Morgan fingerprint density at radius 2 is 1.79 bits per heavy atom. The number of carbonyl (C=O) groups is 1. The molecule has 1 fully saturated rings. The van der Waals surface area contributed by atoms with E-state index < -0.39 is 6.55 Å². The van der Waals surface area contributed by atoms with Crippen LogP contribution in [0.5, 0.6) is 0 Å². The van der Waals surface area contributed by atoms with Crippen molar-refractivity contribution in [3.63, 3.8) is 0 Å². The fraction of sp³-hybridized carbons (Fsp3) is 0.267. The number of para-hydroxylation sites is 1. The molecule has 0 aliphatic carbocycles. The van der Waals surface area contributed by atoms with Crippen LogP contribution in [0, 0.1) is 25.6 Å². The SMILES string of the molecule is C=C(C1CCN(C(=O)c2cnc3c(c2)c(C)cn3-c2cccc(F)c2)CC1)N(c1ccccc1C)C(F)F. The molecule has 1 amide bonds. The van der Waals surface area contributed by atoms with Gasteiger partial charge in [0.05, 0.1) is 5.56 Å². The van der Waals surface area contributed by atoms with Gasteiger partial charge in [-0.1, -0.05) is 30.8 Å². The van der Waals surface area contributed by atoms with Crippen LogP contribution in [0.1, 0.15) is 34.3 Å². The van der Waals surface area contributed by atoms with Crippen molar-refractivity contribution in [2.24, 2.45) is 5.92 Å². The number of nitrogens with zero attached hydrogens (tertiary/aromatic N) is 4. The predicted molar refractivity (Wildman–Crippen MR) is 143 cm³/mol. The van der Waals surface area contributed by atoms with Crippen molar-refractivity contribution in [1.29, 1.82) is 0 Å². The Bertz CT molecular complexity index is 1500. The maximum Gasteiger partial charge on any atom is 0.319 e. The number of aromatic nitrogens is 2. The van der Waals surface area contributed by atoms with E-state index in [9.17, 15) is 18.0 Å². The van der Waals surface area contributed by atoms with Crippen LogP contribution in [0.4, 0.5) is 18.9 Å². The molecule has 5 nitrogen and oxygen atoms in total. The van der Waals surface area contributed by atoms with Crippen molar-refractivity contribution in [1.82, 2.24) is 14.5 Å². The average molecular weight is 519 g/mol. The third-order valence-electron chi connectivity index (χ3n) is 7.31. The van der Waals surface area contributed by atoms with Gasteiger partial charge < -0.3 is 9.47 Å². The second-order valence-electron chi connectivity index (χ2n) is 9.75. The Morgan fingerprint density at radius 1 is 1.05 bits per heavy atom. The zero-order valence-electron chi connectivity index (χ0n) is 21.4. The Kier molecular flexibility index (Phi) is 6.97. The van der Waals surface area contributed by atoms with E-state index in [-0.39, 0.29) is 17.6 Å². The predicted octanol–water partition coefficient (Wildman–Crippen LogP) is 6.88. The van der Waals surface area contributed by atoms with Crippen molar-refractivity contribution in [3.05, 3.63) is 102 Å². The topological polar surface area (TPSA) is 41.4 Å². The molecule has 0 atom stereocenters. The van der Waals surface area contributed by atoms with E-state index in [1.165, 1.54) is 12.1 Å². The third kappa shape index (κ3) is 4.78. The van der Waals surface area contributed by atoms with Gasteiger partial charge in [-0.25, -0.2) is 9.37 Å². The largest absolute Gasteiger partial charge is 0.339 e. The summed E-state index contributed by atoms with van der Waals surface area (Å²) in [6.45, 7) is 5.93. The number of carbonyl (C=O) groups excluding carboxylic acids is 1. The highest BCUT2D eigenvalue weighted by Gasteiger charge is 2.31. The number of alkyl halides is 2. The number of amides is 1. The number of hydrogen-bond donors (Lipinski definition) is 0. The van der Waals surface area contributed by atoms with E-state index in [0.29, 0.717) is 54.2 Å². The van der Waals surface area contributed by atoms with Crippen LogP contribution in [-0.4, -0.2) is 40.0 Å². The minimum atomic E-state index is -2.70. The van der Waals surface area contributed by atoms with E-state index in [1.807, 2.05) is 29.8 Å². The lowest BCUT2D eigenvalue weighted by Gasteiger charge is -2.37. The highest BCUT2D eigenvalue weighted by atomic mass is 19.3. The highest BCUT2D eigenvalue weighted by molar-refractivity contribution is 5.98. The van der Waals surface area contributed by atoms with Crippen molar-refractivity contribution in [2.45, 2.75) is 33.2 Å². The lowest BCUT2D eigenvalue weighted by molar-refractivity contribution is 0.0695. The van der Waals surface area contributed by atoms with Gasteiger partial charge in [-0.15, -0.1) is 0 Å². The summed E-state index contributed by atoms with van der Waals surface area (Å²) in [6.07, 6.45) is 4.51. The van der Waals surface area contributed by atoms with Gasteiger partial charge in [0.25, 0.3) is 5.91 Å². The van der Waals surface area contributed by atoms with Crippen LogP contribution in [0.3, 0.4) is 0 Å². The summed E-state index contributed by atoms with van der Waals surface area (Å²) in [5.41, 5.74) is 4.26. The van der Waals surface area contributed by atoms with E-state index >= 15 is 0 Å². The Morgan fingerprint density at radius 3 is 2.47 bits per heavy atom. The number of benzene rings is 2. The fourth-order valence-electron chi connectivity index (χ4n) is 5.22. The Hall–Kier alpha value is -4.07. The number of hydrogen-bond acceptors (Lipinski definition) is 3. The van der Waals surface area contributed by atoms with E-state index in [4.69, 9.17) is 0 Å². The van der Waals surface area contributed by atoms with Gasteiger partial charge in [-0.2, -0.15) is 8.78 Å². The molecule has 5 rings (SSSR count). The molecule has 0 spiro atoms. The molecule has 196 valence electrons. The minimum absolute atomic E-state index is 0.147. The Balaban J connectivity index is 1.31. The molecule has 4 aromatic rings. The molecule has 2 aromatic heterocycles. The normalized spacial score (nSPS) is 14.3. The fourth-order valence-corrected chi connectivity index (χ4v) is 5.22. The first kappa shape index (κ1) is 25.6. The lowest BCUT2D eigenvalue weighted by Crippen LogP contribution is -2.41. The monoisotopic (exact) mass is 518 g/mol. The number of allylic oxidation sites excluding steroid dienone is 1. The summed E-state index contributed by atoms with van der Waals surface area (Å²) in [5.74, 6) is -0.641. The van der Waals surface area contributed by atoms with Crippen LogP contribution in [0.25, 0.3) is 16.7 Å². The highest BCUT2D eigenvalue weighted by Crippen LogP contribution is 2.34. The second kappa shape index (κ2) is 10.4. The summed E-state index contributed by atoms with van der Waals surface area (Å²) >= 11 is 0. The van der Waals surface area contributed by atoms with Crippen LogP contribution in [0.15, 0.2) is 79.3 Å². The number of fused-ring (bicyclic) bond motifs is 1. The molecule has 0 bridgehead atoms. The van der Waals surface area contributed by atoms with Crippen molar-refractivity contribution in [2.75, 3.05) is 18.0 Å². The van der Waals surface area contributed by atoms with E-state index in [0.717, 1.165) is 21.4 Å². The number of anilines is 1. The van der Waals surface area contributed by atoms with Crippen LogP contribution in [-0.2, 0) is 0 Å². The van der Waals surface area contributed by atoms with Gasteiger partial charge in [0.2, 0.25) is 0 Å². The molecule has 0 radical (unpaired) electrons. The first-order valence-electron chi connectivity index (χ1n) is 12.6. The summed E-state index contributed by atoms with van der Waals surface area (Å²) in [6, 6.07) is 15.1. The Labute approximate surface area is 219 Å². The summed E-state index contributed by atoms with van der Waals surface area (Å²) in [4.78, 5) is 20.6. The third-order valence-corrected chi connectivity index (χ3v) is 7.31.